The first-order chi connectivity index (χ1) is 7.08. The molecule has 0 saturated carbocycles. The Hall–Kier alpha value is -1.20. The summed E-state index contributed by atoms with van der Waals surface area (Å²) in [5.74, 6) is 3.25. The van der Waals surface area contributed by atoms with Gasteiger partial charge in [-0.1, -0.05) is 5.92 Å². The Kier molecular flexibility index (Phi) is 3.60. The lowest BCUT2D eigenvalue weighted by molar-refractivity contribution is 0.112. The summed E-state index contributed by atoms with van der Waals surface area (Å²) in [5, 5.41) is 0. The van der Waals surface area contributed by atoms with Crippen LogP contribution in [0.4, 0.5) is 0 Å². The first-order valence-electron chi connectivity index (χ1n) is 4.73. The largest absolute Gasteiger partial charge is 0.298 e. The molecule has 0 aliphatic heterocycles. The van der Waals surface area contributed by atoms with Crippen molar-refractivity contribution in [3.05, 3.63) is 33.4 Å². The minimum absolute atomic E-state index is 0.605. The lowest BCUT2D eigenvalue weighted by atomic mass is 9.90. The molecule has 0 spiro atoms. The van der Waals surface area contributed by atoms with Crippen LogP contribution in [0.1, 0.15) is 38.2 Å². The SMILES string of the molecule is C#Cc1c(C)c(C=O)c(C)c(CS)c1C. The summed E-state index contributed by atoms with van der Waals surface area (Å²) in [6.45, 7) is 5.81. The van der Waals surface area contributed by atoms with Gasteiger partial charge >= 0.3 is 0 Å². The van der Waals surface area contributed by atoms with E-state index in [0.717, 1.165) is 34.1 Å². The third-order valence-electron chi connectivity index (χ3n) is 2.88. The van der Waals surface area contributed by atoms with Crippen LogP contribution in [-0.2, 0) is 5.75 Å². The number of hydrogen-bond donors (Lipinski definition) is 1. The van der Waals surface area contributed by atoms with Gasteiger partial charge in [0.05, 0.1) is 0 Å². The van der Waals surface area contributed by atoms with Gasteiger partial charge < -0.3 is 0 Å². The van der Waals surface area contributed by atoms with E-state index in [4.69, 9.17) is 6.42 Å². The van der Waals surface area contributed by atoms with Crippen LogP contribution >= 0.6 is 12.6 Å². The smallest absolute Gasteiger partial charge is 0.150 e. The highest BCUT2D eigenvalue weighted by molar-refractivity contribution is 7.79. The van der Waals surface area contributed by atoms with E-state index in [9.17, 15) is 4.79 Å². The Bertz CT molecular complexity index is 453. The Balaban J connectivity index is 3.74. The van der Waals surface area contributed by atoms with Crippen LogP contribution in [0.3, 0.4) is 0 Å². The van der Waals surface area contributed by atoms with E-state index in [2.05, 4.69) is 18.5 Å². The molecule has 0 amide bonds. The van der Waals surface area contributed by atoms with Crippen molar-refractivity contribution in [2.45, 2.75) is 26.5 Å². The summed E-state index contributed by atoms with van der Waals surface area (Å²) in [6.07, 6.45) is 6.33. The fourth-order valence-electron chi connectivity index (χ4n) is 1.92. The highest BCUT2D eigenvalue weighted by Crippen LogP contribution is 2.26. The fraction of sp³-hybridized carbons (Fsp3) is 0.308. The minimum Gasteiger partial charge on any atom is -0.298 e. The average molecular weight is 218 g/mol. The van der Waals surface area contributed by atoms with Crippen molar-refractivity contribution in [2.75, 3.05) is 0 Å². The van der Waals surface area contributed by atoms with Crippen molar-refractivity contribution in [3.63, 3.8) is 0 Å². The number of terminal acetylenes is 1. The molecule has 0 aromatic heterocycles. The van der Waals surface area contributed by atoms with Gasteiger partial charge in [0.2, 0.25) is 0 Å². The standard InChI is InChI=1S/C13H14OS/c1-5-11-8(2)12(6-14)10(4)13(7-15)9(11)3/h1,6,15H,7H2,2-4H3. The molecule has 1 rings (SSSR count). The zero-order valence-corrected chi connectivity index (χ0v) is 10.1. The summed E-state index contributed by atoms with van der Waals surface area (Å²) in [5.41, 5.74) is 5.55. The summed E-state index contributed by atoms with van der Waals surface area (Å²) in [7, 11) is 0. The molecule has 0 fully saturated rings. The molecule has 0 unspecified atom stereocenters. The number of rotatable bonds is 2. The summed E-state index contributed by atoms with van der Waals surface area (Å²) < 4.78 is 0. The first-order valence-corrected chi connectivity index (χ1v) is 5.37. The maximum absolute atomic E-state index is 11.0. The molecule has 1 aromatic carbocycles. The van der Waals surface area contributed by atoms with Crippen LogP contribution < -0.4 is 0 Å². The maximum atomic E-state index is 11.0. The van der Waals surface area contributed by atoms with E-state index < -0.39 is 0 Å². The summed E-state index contributed by atoms with van der Waals surface area (Å²) in [4.78, 5) is 11.0. The Morgan fingerprint density at radius 1 is 1.27 bits per heavy atom. The Morgan fingerprint density at radius 2 is 1.87 bits per heavy atom. The lowest BCUT2D eigenvalue weighted by Gasteiger charge is -2.15. The van der Waals surface area contributed by atoms with E-state index in [-0.39, 0.29) is 0 Å². The van der Waals surface area contributed by atoms with E-state index in [0.29, 0.717) is 11.3 Å². The Morgan fingerprint density at radius 3 is 2.27 bits per heavy atom. The molecule has 1 nitrogen and oxygen atoms in total. The molecule has 78 valence electrons. The van der Waals surface area contributed by atoms with Gasteiger partial charge in [-0.3, -0.25) is 4.79 Å². The predicted octanol–water partition coefficient (Wildman–Crippen LogP) is 2.84. The number of carbonyl (C=O) groups excluding carboxylic acids is 1. The Labute approximate surface area is 96.3 Å². The number of carbonyl (C=O) groups is 1. The van der Waals surface area contributed by atoms with Gasteiger partial charge in [-0.15, -0.1) is 6.42 Å². The number of benzene rings is 1. The zero-order valence-electron chi connectivity index (χ0n) is 9.22. The fourth-order valence-corrected chi connectivity index (χ4v) is 2.40. The predicted molar refractivity (Wildman–Crippen MR) is 66.7 cm³/mol. The molecule has 0 heterocycles. The van der Waals surface area contributed by atoms with Crippen LogP contribution in [0.25, 0.3) is 0 Å². The van der Waals surface area contributed by atoms with Gasteiger partial charge in [-0.25, -0.2) is 0 Å². The van der Waals surface area contributed by atoms with Crippen molar-refractivity contribution < 1.29 is 4.79 Å². The van der Waals surface area contributed by atoms with Gasteiger partial charge in [0, 0.05) is 16.9 Å². The average Bonchev–Trinajstić information content (AvgIpc) is 2.19. The molecule has 15 heavy (non-hydrogen) atoms. The molecule has 0 atom stereocenters. The highest BCUT2D eigenvalue weighted by Gasteiger charge is 2.14. The maximum Gasteiger partial charge on any atom is 0.150 e. The second-order valence-electron chi connectivity index (χ2n) is 3.56. The number of hydrogen-bond acceptors (Lipinski definition) is 2. The van der Waals surface area contributed by atoms with E-state index in [1.807, 2.05) is 20.8 Å². The monoisotopic (exact) mass is 218 g/mol. The van der Waals surface area contributed by atoms with Crippen LogP contribution in [0.5, 0.6) is 0 Å². The third-order valence-corrected chi connectivity index (χ3v) is 3.20. The van der Waals surface area contributed by atoms with Gasteiger partial charge in [0.25, 0.3) is 0 Å². The minimum atomic E-state index is 0.605. The highest BCUT2D eigenvalue weighted by atomic mass is 32.1. The molecule has 0 radical (unpaired) electrons. The second kappa shape index (κ2) is 4.55. The van der Waals surface area contributed by atoms with Crippen molar-refractivity contribution in [1.82, 2.24) is 0 Å². The lowest BCUT2D eigenvalue weighted by Crippen LogP contribution is -2.04. The molecule has 2 heteroatoms. The normalized spacial score (nSPS) is 9.80. The quantitative estimate of drug-likeness (QED) is 0.459. The van der Waals surface area contributed by atoms with Gasteiger partial charge in [0.1, 0.15) is 0 Å². The molecular weight excluding hydrogens is 204 g/mol. The van der Waals surface area contributed by atoms with E-state index in [1.165, 1.54) is 0 Å². The van der Waals surface area contributed by atoms with Crippen LogP contribution in [0, 0.1) is 33.1 Å². The summed E-state index contributed by atoms with van der Waals surface area (Å²) >= 11 is 4.27. The van der Waals surface area contributed by atoms with Crippen molar-refractivity contribution in [2.24, 2.45) is 0 Å². The first kappa shape index (κ1) is 11.9. The molecular formula is C13H14OS. The van der Waals surface area contributed by atoms with Crippen molar-refractivity contribution >= 4 is 18.9 Å². The molecule has 0 bridgehead atoms. The second-order valence-corrected chi connectivity index (χ2v) is 3.88. The van der Waals surface area contributed by atoms with Crippen molar-refractivity contribution in [1.29, 1.82) is 0 Å². The molecule has 1 aromatic rings. The summed E-state index contributed by atoms with van der Waals surface area (Å²) in [6, 6.07) is 0. The van der Waals surface area contributed by atoms with Gasteiger partial charge in [-0.2, -0.15) is 12.6 Å². The van der Waals surface area contributed by atoms with Gasteiger partial charge in [-0.05, 0) is 43.0 Å². The zero-order chi connectivity index (χ0) is 11.6. The van der Waals surface area contributed by atoms with Crippen LogP contribution in [-0.4, -0.2) is 6.29 Å². The molecule has 0 N–H and O–H groups in total. The number of aldehydes is 1. The van der Waals surface area contributed by atoms with E-state index in [1.54, 1.807) is 0 Å². The van der Waals surface area contributed by atoms with Crippen molar-refractivity contribution in [3.8, 4) is 12.3 Å². The number of thiol groups is 1. The molecule has 0 aliphatic rings. The van der Waals surface area contributed by atoms with Crippen LogP contribution in [0.15, 0.2) is 0 Å². The van der Waals surface area contributed by atoms with Crippen LogP contribution in [0.2, 0.25) is 0 Å². The topological polar surface area (TPSA) is 17.1 Å². The van der Waals surface area contributed by atoms with Gasteiger partial charge in [0.15, 0.2) is 6.29 Å². The molecule has 0 aliphatic carbocycles. The van der Waals surface area contributed by atoms with E-state index >= 15 is 0 Å². The third kappa shape index (κ3) is 1.80. The molecule has 0 saturated heterocycles.